The number of nitrogens with zero attached hydrogens (tertiary/aromatic N) is 1. The molecular weight excluding hydrogens is 241 g/mol. The van der Waals surface area contributed by atoms with E-state index < -0.39 is 7.12 Å². The van der Waals surface area contributed by atoms with Crippen LogP contribution in [0.2, 0.25) is 0 Å². The average molecular weight is 257 g/mol. The Morgan fingerprint density at radius 3 is 2.37 bits per heavy atom. The summed E-state index contributed by atoms with van der Waals surface area (Å²) in [4.78, 5) is 15.6. The van der Waals surface area contributed by atoms with E-state index in [1.54, 1.807) is 6.07 Å². The summed E-state index contributed by atoms with van der Waals surface area (Å²) in [5, 5.41) is 0. The van der Waals surface area contributed by atoms with E-state index in [2.05, 4.69) is 4.99 Å². The second-order valence-corrected chi connectivity index (χ2v) is 5.99. The van der Waals surface area contributed by atoms with Crippen LogP contribution >= 0.6 is 0 Å². The number of benzene rings is 1. The Morgan fingerprint density at radius 1 is 1.11 bits per heavy atom. The summed E-state index contributed by atoms with van der Waals surface area (Å²) in [6.07, 6.45) is 1.35. The molecule has 1 aromatic rings. The molecule has 0 atom stereocenters. The second kappa shape index (κ2) is 3.77. The van der Waals surface area contributed by atoms with E-state index in [-0.39, 0.29) is 17.0 Å². The van der Waals surface area contributed by atoms with Gasteiger partial charge in [-0.3, -0.25) is 9.79 Å². The zero-order chi connectivity index (χ0) is 13.8. The first-order valence-corrected chi connectivity index (χ1v) is 6.38. The number of hydrogen-bond donors (Lipinski definition) is 0. The van der Waals surface area contributed by atoms with Crippen LogP contribution in [0.25, 0.3) is 0 Å². The Hall–Kier alpha value is -1.46. The van der Waals surface area contributed by atoms with Crippen LogP contribution in [0.3, 0.4) is 0 Å². The molecule has 3 rings (SSSR count). The lowest BCUT2D eigenvalue weighted by Gasteiger charge is -2.32. The molecule has 2 aliphatic rings. The first-order chi connectivity index (χ1) is 8.80. The minimum Gasteiger partial charge on any atom is -0.399 e. The van der Waals surface area contributed by atoms with Crippen molar-refractivity contribution >= 4 is 30.3 Å². The zero-order valence-corrected chi connectivity index (χ0v) is 11.6. The minimum atomic E-state index is -0.416. The summed E-state index contributed by atoms with van der Waals surface area (Å²) in [6.45, 7) is 8.06. The fourth-order valence-electron chi connectivity index (χ4n) is 2.19. The molecule has 0 amide bonds. The van der Waals surface area contributed by atoms with Crippen molar-refractivity contribution in [1.29, 1.82) is 0 Å². The highest BCUT2D eigenvalue weighted by Crippen LogP contribution is 2.36. The Kier molecular flexibility index (Phi) is 2.50. The third kappa shape index (κ3) is 1.85. The standard InChI is InChI=1S/C14H16BNO3/c1-13(2)14(3,4)19-15(18-13)9-5-6-10-11(7-9)16-8-12(10)17/h5-8H,1-4H3. The fourth-order valence-corrected chi connectivity index (χ4v) is 2.19. The minimum absolute atomic E-state index is 0.0459. The fraction of sp³-hybridized carbons (Fsp3) is 0.429. The highest BCUT2D eigenvalue weighted by Gasteiger charge is 2.51. The van der Waals surface area contributed by atoms with Crippen LogP contribution in [0.4, 0.5) is 5.69 Å². The normalized spacial score (nSPS) is 22.9. The van der Waals surface area contributed by atoms with Crippen molar-refractivity contribution in [3.63, 3.8) is 0 Å². The molecular formula is C14H16BNO3. The van der Waals surface area contributed by atoms with Crippen LogP contribution in [0.5, 0.6) is 0 Å². The molecule has 1 fully saturated rings. The van der Waals surface area contributed by atoms with E-state index in [4.69, 9.17) is 9.31 Å². The molecule has 0 aliphatic carbocycles. The summed E-state index contributed by atoms with van der Waals surface area (Å²) in [5.74, 6) is -0.0459. The van der Waals surface area contributed by atoms with Crippen molar-refractivity contribution in [2.75, 3.05) is 0 Å². The Morgan fingerprint density at radius 2 is 1.74 bits per heavy atom. The van der Waals surface area contributed by atoms with Crippen molar-refractivity contribution in [2.45, 2.75) is 38.9 Å². The van der Waals surface area contributed by atoms with Gasteiger partial charge in [0.15, 0.2) is 0 Å². The first kappa shape index (κ1) is 12.6. The van der Waals surface area contributed by atoms with Gasteiger partial charge >= 0.3 is 7.12 Å². The zero-order valence-electron chi connectivity index (χ0n) is 11.6. The Balaban J connectivity index is 1.94. The summed E-state index contributed by atoms with van der Waals surface area (Å²) in [7, 11) is -0.416. The van der Waals surface area contributed by atoms with Gasteiger partial charge in [0, 0.05) is 5.56 Å². The molecule has 0 spiro atoms. The number of hydrogen-bond acceptors (Lipinski definition) is 4. The van der Waals surface area contributed by atoms with Gasteiger partial charge in [-0.15, -0.1) is 0 Å². The third-order valence-corrected chi connectivity index (χ3v) is 4.13. The quantitative estimate of drug-likeness (QED) is 0.722. The van der Waals surface area contributed by atoms with Crippen LogP contribution in [-0.2, 0) is 9.31 Å². The molecule has 0 bridgehead atoms. The summed E-state index contributed by atoms with van der Waals surface area (Å²) < 4.78 is 12.0. The third-order valence-electron chi connectivity index (χ3n) is 4.13. The number of carbonyl (C=O) groups excluding carboxylic acids is 1. The van der Waals surface area contributed by atoms with Crippen molar-refractivity contribution in [3.05, 3.63) is 23.8 Å². The van der Waals surface area contributed by atoms with Crippen molar-refractivity contribution < 1.29 is 14.1 Å². The molecule has 0 N–H and O–H groups in total. The topological polar surface area (TPSA) is 47.9 Å². The van der Waals surface area contributed by atoms with Crippen LogP contribution in [0.15, 0.2) is 23.2 Å². The SMILES string of the molecule is CC1(C)OB(c2ccc3c(c2)N=CC3=O)OC1(C)C. The number of aliphatic imine (C=N–C) groups is 1. The van der Waals surface area contributed by atoms with Gasteiger partial charge in [-0.2, -0.15) is 0 Å². The molecule has 4 nitrogen and oxygen atoms in total. The van der Waals surface area contributed by atoms with Crippen molar-refractivity contribution in [1.82, 2.24) is 0 Å². The van der Waals surface area contributed by atoms with Crippen LogP contribution < -0.4 is 5.46 Å². The maximum atomic E-state index is 11.5. The van der Waals surface area contributed by atoms with E-state index >= 15 is 0 Å². The Bertz CT molecular complexity index is 576. The average Bonchev–Trinajstić information content (AvgIpc) is 2.78. The van der Waals surface area contributed by atoms with Gasteiger partial charge in [-0.25, -0.2) is 0 Å². The van der Waals surface area contributed by atoms with Gasteiger partial charge in [0.2, 0.25) is 5.78 Å². The van der Waals surface area contributed by atoms with Gasteiger partial charge in [0.1, 0.15) is 0 Å². The predicted molar refractivity (Wildman–Crippen MR) is 74.6 cm³/mol. The molecule has 5 heteroatoms. The number of rotatable bonds is 1. The van der Waals surface area contributed by atoms with Gasteiger partial charge in [-0.1, -0.05) is 6.07 Å². The van der Waals surface area contributed by atoms with E-state index in [0.717, 1.165) is 5.46 Å². The second-order valence-electron chi connectivity index (χ2n) is 5.99. The van der Waals surface area contributed by atoms with Crippen LogP contribution in [-0.4, -0.2) is 30.3 Å². The number of Topliss-reactive ketones (excluding diaryl/α,β-unsaturated/α-hetero) is 1. The van der Waals surface area contributed by atoms with E-state index in [1.165, 1.54) is 6.21 Å². The molecule has 19 heavy (non-hydrogen) atoms. The molecule has 2 aliphatic heterocycles. The van der Waals surface area contributed by atoms with Gasteiger partial charge in [0.25, 0.3) is 0 Å². The van der Waals surface area contributed by atoms with Crippen LogP contribution in [0.1, 0.15) is 38.1 Å². The van der Waals surface area contributed by atoms with E-state index in [0.29, 0.717) is 11.3 Å². The monoisotopic (exact) mass is 257 g/mol. The largest absolute Gasteiger partial charge is 0.494 e. The molecule has 0 radical (unpaired) electrons. The molecule has 0 unspecified atom stereocenters. The first-order valence-electron chi connectivity index (χ1n) is 6.38. The van der Waals surface area contributed by atoms with E-state index in [9.17, 15) is 4.79 Å². The summed E-state index contributed by atoms with van der Waals surface area (Å²) in [5.41, 5.74) is 1.49. The smallest absolute Gasteiger partial charge is 0.399 e. The maximum absolute atomic E-state index is 11.5. The molecule has 2 heterocycles. The maximum Gasteiger partial charge on any atom is 0.494 e. The molecule has 98 valence electrons. The van der Waals surface area contributed by atoms with Gasteiger partial charge in [0.05, 0.1) is 23.1 Å². The lowest BCUT2D eigenvalue weighted by Crippen LogP contribution is -2.41. The van der Waals surface area contributed by atoms with Gasteiger partial charge in [-0.05, 0) is 45.3 Å². The highest BCUT2D eigenvalue weighted by molar-refractivity contribution is 6.62. The number of ketones is 1. The van der Waals surface area contributed by atoms with Crippen molar-refractivity contribution in [2.24, 2.45) is 4.99 Å². The highest BCUT2D eigenvalue weighted by atomic mass is 16.7. The van der Waals surface area contributed by atoms with Crippen LogP contribution in [0, 0.1) is 0 Å². The molecule has 1 saturated heterocycles. The number of fused-ring (bicyclic) bond motifs is 1. The lowest BCUT2D eigenvalue weighted by atomic mass is 9.78. The molecule has 0 aromatic heterocycles. The van der Waals surface area contributed by atoms with E-state index in [1.807, 2.05) is 39.8 Å². The molecule has 0 saturated carbocycles. The van der Waals surface area contributed by atoms with Gasteiger partial charge < -0.3 is 9.31 Å². The lowest BCUT2D eigenvalue weighted by molar-refractivity contribution is 0.00578. The summed E-state index contributed by atoms with van der Waals surface area (Å²) >= 11 is 0. The van der Waals surface area contributed by atoms with Crippen molar-refractivity contribution in [3.8, 4) is 0 Å². The summed E-state index contributed by atoms with van der Waals surface area (Å²) in [6, 6.07) is 5.51. The molecule has 1 aromatic carbocycles. The Labute approximate surface area is 113 Å². The number of carbonyl (C=O) groups is 1. The predicted octanol–water partition coefficient (Wildman–Crippen LogP) is 1.88.